The number of nitrogens with one attached hydrogen (secondary N) is 3. The number of urea groups is 1. The summed E-state index contributed by atoms with van der Waals surface area (Å²) in [6, 6.07) is 6.51. The van der Waals surface area contributed by atoms with Crippen molar-refractivity contribution < 1.29 is 9.59 Å². The van der Waals surface area contributed by atoms with Crippen LogP contribution in [0.1, 0.15) is 0 Å². The van der Waals surface area contributed by atoms with Crippen LogP contribution in [0, 0.1) is 0 Å². The molecule has 5 nitrogen and oxygen atoms in total. The largest absolute Gasteiger partial charge is 0.325 e. The van der Waals surface area contributed by atoms with Gasteiger partial charge in [-0.1, -0.05) is 15.9 Å². The van der Waals surface area contributed by atoms with Gasteiger partial charge in [-0.2, -0.15) is 0 Å². The normalized spacial score (nSPS) is 9.62. The Labute approximate surface area is 102 Å². The van der Waals surface area contributed by atoms with E-state index in [4.69, 9.17) is 0 Å². The van der Waals surface area contributed by atoms with E-state index in [2.05, 4.69) is 31.9 Å². The summed E-state index contributed by atoms with van der Waals surface area (Å²) in [5.41, 5.74) is 0.623. The van der Waals surface area contributed by atoms with Crippen LogP contribution in [-0.4, -0.2) is 25.5 Å². The number of halogens is 1. The van der Waals surface area contributed by atoms with Crippen LogP contribution in [0.2, 0.25) is 0 Å². The number of carbonyl (C=O) groups is 2. The Morgan fingerprint density at radius 1 is 1.25 bits per heavy atom. The van der Waals surface area contributed by atoms with Crippen LogP contribution in [-0.2, 0) is 4.79 Å². The average molecular weight is 286 g/mol. The first kappa shape index (κ1) is 12.7. The molecule has 3 N–H and O–H groups in total. The van der Waals surface area contributed by atoms with Crippen molar-refractivity contribution in [3.8, 4) is 0 Å². The number of benzene rings is 1. The molecule has 3 amide bonds. The summed E-state index contributed by atoms with van der Waals surface area (Å²) in [6.45, 7) is 0.105. The number of hydrogen-bond donors (Lipinski definition) is 3. The molecule has 0 saturated heterocycles. The Hall–Kier alpha value is -1.40. The lowest BCUT2D eigenvalue weighted by atomic mass is 10.3. The minimum Gasteiger partial charge on any atom is -0.311 e. The topological polar surface area (TPSA) is 70.2 Å². The molecule has 0 radical (unpaired) electrons. The summed E-state index contributed by atoms with van der Waals surface area (Å²) in [7, 11) is 1.63. The molecule has 0 aromatic heterocycles. The summed E-state index contributed by atoms with van der Waals surface area (Å²) < 4.78 is 0.921. The summed E-state index contributed by atoms with van der Waals surface area (Å²) in [6.07, 6.45) is 0. The van der Waals surface area contributed by atoms with E-state index in [9.17, 15) is 9.59 Å². The lowest BCUT2D eigenvalue weighted by molar-refractivity contribution is -0.119. The molecule has 0 unspecified atom stereocenters. The van der Waals surface area contributed by atoms with E-state index in [1.54, 1.807) is 31.3 Å². The molecule has 1 aromatic rings. The van der Waals surface area contributed by atoms with Crippen LogP contribution < -0.4 is 16.0 Å². The second-order valence-electron chi connectivity index (χ2n) is 3.04. The maximum Gasteiger partial charge on any atom is 0.325 e. The minimum atomic E-state index is -0.539. The van der Waals surface area contributed by atoms with E-state index >= 15 is 0 Å². The number of likely N-dealkylation sites (N-methyl/N-ethyl adjacent to an activating group) is 1. The Kier molecular flexibility index (Phi) is 4.94. The lowest BCUT2D eigenvalue weighted by Crippen LogP contribution is -2.39. The van der Waals surface area contributed by atoms with Gasteiger partial charge in [0.1, 0.15) is 0 Å². The zero-order valence-corrected chi connectivity index (χ0v) is 10.3. The third-order valence-electron chi connectivity index (χ3n) is 1.69. The van der Waals surface area contributed by atoms with Gasteiger partial charge in [-0.25, -0.2) is 4.79 Å². The van der Waals surface area contributed by atoms with E-state index in [1.807, 2.05) is 0 Å². The highest BCUT2D eigenvalue weighted by atomic mass is 79.9. The van der Waals surface area contributed by atoms with Crippen LogP contribution >= 0.6 is 15.9 Å². The standard InChI is InChI=1S/C10H12BrN3O2/c1-12-6-9(15)14-10(16)13-8-4-2-7(11)3-5-8/h2-5,12H,6H2,1H3,(H2,13,14,15,16). The predicted octanol–water partition coefficient (Wildman–Crippen LogP) is 1.32. The summed E-state index contributed by atoms with van der Waals surface area (Å²) >= 11 is 3.28. The first-order chi connectivity index (χ1) is 7.61. The Balaban J connectivity index is 2.45. The van der Waals surface area contributed by atoms with Gasteiger partial charge in [-0.3, -0.25) is 10.1 Å². The maximum absolute atomic E-state index is 11.3. The molecule has 16 heavy (non-hydrogen) atoms. The molecule has 0 aliphatic heterocycles. The first-order valence-electron chi connectivity index (χ1n) is 4.63. The Morgan fingerprint density at radius 3 is 2.44 bits per heavy atom. The van der Waals surface area contributed by atoms with Crippen molar-refractivity contribution in [2.75, 3.05) is 18.9 Å². The fourth-order valence-corrected chi connectivity index (χ4v) is 1.29. The van der Waals surface area contributed by atoms with Crippen molar-refractivity contribution >= 4 is 33.6 Å². The molecule has 0 aliphatic rings. The van der Waals surface area contributed by atoms with Crippen molar-refractivity contribution in [1.29, 1.82) is 0 Å². The fourth-order valence-electron chi connectivity index (χ4n) is 1.03. The Morgan fingerprint density at radius 2 is 1.88 bits per heavy atom. The molecule has 0 spiro atoms. The molecular weight excluding hydrogens is 274 g/mol. The number of rotatable bonds is 3. The smallest absolute Gasteiger partial charge is 0.311 e. The average Bonchev–Trinajstić information content (AvgIpc) is 2.21. The monoisotopic (exact) mass is 285 g/mol. The number of imide groups is 1. The second-order valence-corrected chi connectivity index (χ2v) is 3.96. The van der Waals surface area contributed by atoms with Gasteiger partial charge in [-0.15, -0.1) is 0 Å². The number of anilines is 1. The zero-order chi connectivity index (χ0) is 12.0. The minimum absolute atomic E-state index is 0.105. The van der Waals surface area contributed by atoms with E-state index in [1.165, 1.54) is 0 Å². The van der Waals surface area contributed by atoms with E-state index < -0.39 is 6.03 Å². The first-order valence-corrected chi connectivity index (χ1v) is 5.42. The number of hydrogen-bond acceptors (Lipinski definition) is 3. The molecular formula is C10H12BrN3O2. The van der Waals surface area contributed by atoms with Crippen molar-refractivity contribution in [2.45, 2.75) is 0 Å². The van der Waals surface area contributed by atoms with Gasteiger partial charge < -0.3 is 10.6 Å². The molecule has 0 fully saturated rings. The van der Waals surface area contributed by atoms with Crippen LogP contribution in [0.3, 0.4) is 0 Å². The summed E-state index contributed by atoms with van der Waals surface area (Å²) in [5.74, 6) is -0.378. The van der Waals surface area contributed by atoms with Crippen molar-refractivity contribution in [3.63, 3.8) is 0 Å². The third kappa shape index (κ3) is 4.41. The van der Waals surface area contributed by atoms with Crippen LogP contribution in [0.25, 0.3) is 0 Å². The highest BCUT2D eigenvalue weighted by molar-refractivity contribution is 9.10. The molecule has 6 heteroatoms. The zero-order valence-electron chi connectivity index (χ0n) is 8.71. The van der Waals surface area contributed by atoms with Gasteiger partial charge in [0.2, 0.25) is 5.91 Å². The molecule has 1 aromatic carbocycles. The molecule has 0 heterocycles. The highest BCUT2D eigenvalue weighted by Gasteiger charge is 2.06. The quantitative estimate of drug-likeness (QED) is 0.784. The molecule has 0 atom stereocenters. The second kappa shape index (κ2) is 6.24. The molecule has 86 valence electrons. The predicted molar refractivity (Wildman–Crippen MR) is 65.2 cm³/mol. The van der Waals surface area contributed by atoms with E-state index in [-0.39, 0.29) is 12.5 Å². The van der Waals surface area contributed by atoms with Gasteiger partial charge in [0, 0.05) is 10.2 Å². The SMILES string of the molecule is CNCC(=O)NC(=O)Nc1ccc(Br)cc1. The molecule has 0 bridgehead atoms. The molecule has 1 rings (SSSR count). The van der Waals surface area contributed by atoms with Crippen molar-refractivity contribution in [1.82, 2.24) is 10.6 Å². The van der Waals surface area contributed by atoms with Crippen LogP contribution in [0.15, 0.2) is 28.7 Å². The van der Waals surface area contributed by atoms with E-state index in [0.717, 1.165) is 4.47 Å². The van der Waals surface area contributed by atoms with Crippen LogP contribution in [0.5, 0.6) is 0 Å². The lowest BCUT2D eigenvalue weighted by Gasteiger charge is -2.06. The van der Waals surface area contributed by atoms with Crippen LogP contribution in [0.4, 0.5) is 10.5 Å². The van der Waals surface area contributed by atoms with Gasteiger partial charge in [0.25, 0.3) is 0 Å². The van der Waals surface area contributed by atoms with Gasteiger partial charge in [-0.05, 0) is 31.3 Å². The van der Waals surface area contributed by atoms with Crippen molar-refractivity contribution in [2.24, 2.45) is 0 Å². The third-order valence-corrected chi connectivity index (χ3v) is 2.22. The van der Waals surface area contributed by atoms with Gasteiger partial charge in [0.05, 0.1) is 6.54 Å². The number of amides is 3. The fraction of sp³-hybridized carbons (Fsp3) is 0.200. The number of carbonyl (C=O) groups excluding carboxylic acids is 2. The summed E-state index contributed by atoms with van der Waals surface area (Å²) in [4.78, 5) is 22.4. The molecule has 0 aliphatic carbocycles. The van der Waals surface area contributed by atoms with Gasteiger partial charge >= 0.3 is 6.03 Å². The molecule has 0 saturated carbocycles. The van der Waals surface area contributed by atoms with Crippen molar-refractivity contribution in [3.05, 3.63) is 28.7 Å². The van der Waals surface area contributed by atoms with E-state index in [0.29, 0.717) is 5.69 Å². The Bertz CT molecular complexity index is 378. The maximum atomic E-state index is 11.3. The summed E-state index contributed by atoms with van der Waals surface area (Å²) in [5, 5.41) is 7.37. The highest BCUT2D eigenvalue weighted by Crippen LogP contribution is 2.13. The van der Waals surface area contributed by atoms with Gasteiger partial charge in [0.15, 0.2) is 0 Å².